The zero-order chi connectivity index (χ0) is 23.4. The summed E-state index contributed by atoms with van der Waals surface area (Å²) in [6.07, 6.45) is 2.02. The van der Waals surface area contributed by atoms with Crippen molar-refractivity contribution >= 4 is 16.6 Å². The standard InChI is InChI=1S/C24H50O4Si2/c1-16(2)29(17(3)4,18(5)6)27-15-23-24(22(25)13-14-26-23)28-30(19(7)8,20(9)10)21(11)12/h13-14,16-25H,15H2,1-12H3/t22-,23+,24-/m0/s1. The van der Waals surface area contributed by atoms with Gasteiger partial charge in [-0.25, -0.2) is 0 Å². The predicted octanol–water partition coefficient (Wildman–Crippen LogP) is 7.01. The summed E-state index contributed by atoms with van der Waals surface area (Å²) in [5, 5.41) is 10.9. The third kappa shape index (κ3) is 5.42. The van der Waals surface area contributed by atoms with E-state index in [2.05, 4.69) is 83.1 Å². The van der Waals surface area contributed by atoms with Crippen LogP contribution in [0.2, 0.25) is 33.2 Å². The fraction of sp³-hybridized carbons (Fsp3) is 0.917. The van der Waals surface area contributed by atoms with Crippen molar-refractivity contribution in [3.8, 4) is 0 Å². The molecule has 0 aromatic carbocycles. The molecule has 0 spiro atoms. The van der Waals surface area contributed by atoms with Crippen LogP contribution in [0.15, 0.2) is 12.3 Å². The van der Waals surface area contributed by atoms with Crippen molar-refractivity contribution in [2.75, 3.05) is 6.61 Å². The number of ether oxygens (including phenoxy) is 1. The Labute approximate surface area is 189 Å². The van der Waals surface area contributed by atoms with Gasteiger partial charge in [-0.3, -0.25) is 0 Å². The average molecular weight is 459 g/mol. The van der Waals surface area contributed by atoms with Gasteiger partial charge in [0.1, 0.15) is 18.3 Å². The Kier molecular flexibility index (Phi) is 10.3. The van der Waals surface area contributed by atoms with Gasteiger partial charge in [0, 0.05) is 0 Å². The molecule has 4 nitrogen and oxygen atoms in total. The van der Waals surface area contributed by atoms with Crippen molar-refractivity contribution in [2.45, 2.75) is 135 Å². The molecule has 0 unspecified atom stereocenters. The van der Waals surface area contributed by atoms with Gasteiger partial charge in [-0.2, -0.15) is 0 Å². The summed E-state index contributed by atoms with van der Waals surface area (Å²) in [6.45, 7) is 27.9. The van der Waals surface area contributed by atoms with E-state index in [-0.39, 0.29) is 12.2 Å². The second kappa shape index (κ2) is 11.1. The molecule has 1 N–H and O–H groups in total. The minimum Gasteiger partial charge on any atom is -0.493 e. The average Bonchev–Trinajstić information content (AvgIpc) is 2.59. The SMILES string of the molecule is CC(C)[Si](OC[C@H]1OC=C[C@H](O)[C@@H]1O[Si](C(C)C)(C(C)C)C(C)C)(C(C)C)C(C)C. The van der Waals surface area contributed by atoms with E-state index in [1.54, 1.807) is 12.3 Å². The van der Waals surface area contributed by atoms with Crippen molar-refractivity contribution in [1.29, 1.82) is 0 Å². The van der Waals surface area contributed by atoms with Gasteiger partial charge < -0.3 is 18.7 Å². The van der Waals surface area contributed by atoms with Crippen LogP contribution >= 0.6 is 0 Å². The maximum Gasteiger partial charge on any atom is 0.201 e. The lowest BCUT2D eigenvalue weighted by Crippen LogP contribution is -2.58. The fourth-order valence-corrected chi connectivity index (χ4v) is 17.3. The summed E-state index contributed by atoms with van der Waals surface area (Å²) in [7, 11) is -4.17. The smallest absolute Gasteiger partial charge is 0.201 e. The second-order valence-corrected chi connectivity index (χ2v) is 21.9. The number of aliphatic hydroxyl groups excluding tert-OH is 1. The Hall–Kier alpha value is -0.146. The molecule has 178 valence electrons. The van der Waals surface area contributed by atoms with Gasteiger partial charge in [0.25, 0.3) is 0 Å². The van der Waals surface area contributed by atoms with Crippen molar-refractivity contribution in [1.82, 2.24) is 0 Å². The van der Waals surface area contributed by atoms with E-state index >= 15 is 0 Å². The van der Waals surface area contributed by atoms with Crippen LogP contribution in [-0.2, 0) is 13.6 Å². The Morgan fingerprint density at radius 1 is 0.733 bits per heavy atom. The maximum atomic E-state index is 10.9. The van der Waals surface area contributed by atoms with E-state index in [0.717, 1.165) is 0 Å². The van der Waals surface area contributed by atoms with Crippen molar-refractivity contribution in [2.24, 2.45) is 0 Å². The minimum absolute atomic E-state index is 0.281. The third-order valence-corrected chi connectivity index (χ3v) is 19.7. The molecule has 1 aliphatic heterocycles. The van der Waals surface area contributed by atoms with Crippen molar-refractivity contribution in [3.05, 3.63) is 12.3 Å². The number of aliphatic hydroxyl groups is 1. The van der Waals surface area contributed by atoms with Gasteiger partial charge in [-0.1, -0.05) is 83.1 Å². The summed E-state index contributed by atoms with van der Waals surface area (Å²) >= 11 is 0. The lowest BCUT2D eigenvalue weighted by molar-refractivity contribution is -0.0737. The normalized spacial score (nSPS) is 23.5. The van der Waals surface area contributed by atoms with E-state index in [9.17, 15) is 5.11 Å². The highest BCUT2D eigenvalue weighted by molar-refractivity contribution is 6.78. The number of hydrogen-bond acceptors (Lipinski definition) is 4. The highest BCUT2D eigenvalue weighted by Gasteiger charge is 2.51. The number of hydrogen-bond donors (Lipinski definition) is 1. The Morgan fingerprint density at radius 3 is 1.50 bits per heavy atom. The Bertz CT molecular complexity index is 500. The van der Waals surface area contributed by atoms with Crippen LogP contribution in [0.1, 0.15) is 83.1 Å². The van der Waals surface area contributed by atoms with Gasteiger partial charge in [0.15, 0.2) is 0 Å². The van der Waals surface area contributed by atoms with E-state index in [0.29, 0.717) is 39.9 Å². The van der Waals surface area contributed by atoms with Crippen LogP contribution in [-0.4, -0.2) is 46.7 Å². The molecular formula is C24H50O4Si2. The number of rotatable bonds is 11. The van der Waals surface area contributed by atoms with Crippen LogP contribution in [0.3, 0.4) is 0 Å². The lowest BCUT2D eigenvalue weighted by atomic mass is 10.1. The third-order valence-electron chi connectivity index (χ3n) is 7.48. The van der Waals surface area contributed by atoms with Gasteiger partial charge in [0.2, 0.25) is 16.6 Å². The van der Waals surface area contributed by atoms with Crippen LogP contribution in [0.25, 0.3) is 0 Å². The minimum atomic E-state index is -2.16. The molecule has 0 saturated heterocycles. The fourth-order valence-electron chi connectivity index (χ4n) is 6.28. The first kappa shape index (κ1) is 27.9. The quantitative estimate of drug-likeness (QED) is 0.338. The Morgan fingerprint density at radius 2 is 1.13 bits per heavy atom. The van der Waals surface area contributed by atoms with E-state index in [4.69, 9.17) is 13.6 Å². The van der Waals surface area contributed by atoms with E-state index < -0.39 is 22.7 Å². The summed E-state index contributed by atoms with van der Waals surface area (Å²) in [4.78, 5) is 0. The molecule has 0 saturated carbocycles. The molecule has 1 heterocycles. The summed E-state index contributed by atoms with van der Waals surface area (Å²) in [6, 6.07) is 0. The molecule has 0 fully saturated rings. The molecular weight excluding hydrogens is 408 g/mol. The largest absolute Gasteiger partial charge is 0.493 e. The van der Waals surface area contributed by atoms with Crippen molar-refractivity contribution in [3.63, 3.8) is 0 Å². The van der Waals surface area contributed by atoms with Gasteiger partial charge in [-0.05, 0) is 39.3 Å². The monoisotopic (exact) mass is 458 g/mol. The zero-order valence-corrected chi connectivity index (χ0v) is 23.7. The van der Waals surface area contributed by atoms with Crippen LogP contribution in [0.4, 0.5) is 0 Å². The molecule has 0 aromatic heterocycles. The molecule has 0 radical (unpaired) electrons. The first-order valence-corrected chi connectivity index (χ1v) is 16.3. The molecule has 6 heteroatoms. The zero-order valence-electron chi connectivity index (χ0n) is 21.7. The first-order valence-electron chi connectivity index (χ1n) is 12.1. The highest BCUT2D eigenvalue weighted by atomic mass is 28.4. The molecule has 30 heavy (non-hydrogen) atoms. The van der Waals surface area contributed by atoms with Crippen molar-refractivity contribution < 1.29 is 18.7 Å². The highest BCUT2D eigenvalue weighted by Crippen LogP contribution is 2.45. The molecule has 0 bridgehead atoms. The Balaban J connectivity index is 3.21. The van der Waals surface area contributed by atoms with Gasteiger partial charge >= 0.3 is 0 Å². The summed E-state index contributed by atoms with van der Waals surface area (Å²) in [5.74, 6) is 0. The molecule has 1 rings (SSSR count). The van der Waals surface area contributed by atoms with Crippen LogP contribution < -0.4 is 0 Å². The molecule has 1 aliphatic rings. The summed E-state index contributed by atoms with van der Waals surface area (Å²) < 4.78 is 19.8. The summed E-state index contributed by atoms with van der Waals surface area (Å²) in [5.41, 5.74) is 2.89. The molecule has 0 aromatic rings. The van der Waals surface area contributed by atoms with E-state index in [1.165, 1.54) is 0 Å². The second-order valence-electron chi connectivity index (χ2n) is 11.0. The molecule has 0 amide bonds. The van der Waals surface area contributed by atoms with Gasteiger partial charge in [-0.15, -0.1) is 0 Å². The van der Waals surface area contributed by atoms with Crippen LogP contribution in [0, 0.1) is 0 Å². The van der Waals surface area contributed by atoms with Gasteiger partial charge in [0.05, 0.1) is 12.9 Å². The lowest BCUT2D eigenvalue weighted by Gasteiger charge is -2.48. The topological polar surface area (TPSA) is 47.9 Å². The van der Waals surface area contributed by atoms with E-state index in [1.807, 2.05) is 0 Å². The van der Waals surface area contributed by atoms with Crippen LogP contribution in [0.5, 0.6) is 0 Å². The maximum absolute atomic E-state index is 10.9. The predicted molar refractivity (Wildman–Crippen MR) is 133 cm³/mol. The molecule has 0 aliphatic carbocycles. The first-order chi connectivity index (χ1) is 13.7. The molecule has 3 atom stereocenters.